The van der Waals surface area contributed by atoms with Crippen molar-refractivity contribution in [2.75, 3.05) is 51.8 Å². The lowest BCUT2D eigenvalue weighted by Crippen LogP contribution is -2.67. The smallest absolute Gasteiger partial charge is 0.241 e. The second kappa shape index (κ2) is 8.31. The molecule has 1 aliphatic carbocycles. The minimum absolute atomic E-state index is 0.00784. The third kappa shape index (κ3) is 3.55. The molecule has 168 valence electrons. The fourth-order valence-corrected chi connectivity index (χ4v) is 5.98. The first-order chi connectivity index (χ1) is 15.1. The number of carbonyl (C=O) groups excluding carboxylic acids is 2. The first-order valence-electron chi connectivity index (χ1n) is 11.5. The van der Waals surface area contributed by atoms with Crippen LogP contribution in [0.3, 0.4) is 0 Å². The van der Waals surface area contributed by atoms with E-state index in [2.05, 4.69) is 21.4 Å². The molecule has 0 spiro atoms. The summed E-state index contributed by atoms with van der Waals surface area (Å²) in [6.07, 6.45) is 3.51. The van der Waals surface area contributed by atoms with Crippen molar-refractivity contribution >= 4 is 17.5 Å². The number of benzene rings is 1. The van der Waals surface area contributed by atoms with E-state index in [0.717, 1.165) is 69.8 Å². The van der Waals surface area contributed by atoms with E-state index in [1.165, 1.54) is 0 Å². The van der Waals surface area contributed by atoms with Crippen molar-refractivity contribution in [2.45, 2.75) is 43.8 Å². The topological polar surface area (TPSA) is 68.4 Å². The second-order valence-corrected chi connectivity index (χ2v) is 9.20. The van der Waals surface area contributed by atoms with Crippen LogP contribution in [0.5, 0.6) is 5.75 Å². The van der Waals surface area contributed by atoms with Crippen molar-refractivity contribution < 1.29 is 14.3 Å². The van der Waals surface area contributed by atoms with Crippen LogP contribution >= 0.6 is 0 Å². The first kappa shape index (κ1) is 20.6. The Balaban J connectivity index is 1.21. The van der Waals surface area contributed by atoms with Gasteiger partial charge in [-0.05, 0) is 37.8 Å². The van der Waals surface area contributed by atoms with Gasteiger partial charge in [-0.1, -0.05) is 12.1 Å². The lowest BCUT2D eigenvalue weighted by Gasteiger charge is -2.51. The minimum atomic E-state index is -0.0263. The van der Waals surface area contributed by atoms with E-state index in [-0.39, 0.29) is 29.8 Å². The largest absolute Gasteiger partial charge is 0.495 e. The van der Waals surface area contributed by atoms with Crippen LogP contribution in [-0.4, -0.2) is 91.6 Å². The van der Waals surface area contributed by atoms with Crippen LogP contribution in [-0.2, 0) is 9.59 Å². The molecule has 1 saturated carbocycles. The number of rotatable bonds is 3. The van der Waals surface area contributed by atoms with Gasteiger partial charge in [0.1, 0.15) is 11.8 Å². The maximum atomic E-state index is 13.4. The molecule has 4 fully saturated rings. The third-order valence-corrected chi connectivity index (χ3v) is 7.68. The monoisotopic (exact) mass is 427 g/mol. The normalized spacial score (nSPS) is 31.4. The first-order valence-corrected chi connectivity index (χ1v) is 11.5. The number of amides is 2. The maximum absolute atomic E-state index is 13.4. The molecule has 5 rings (SSSR count). The number of hydrazine groups is 1. The zero-order valence-corrected chi connectivity index (χ0v) is 18.5. The molecule has 0 aromatic heterocycles. The van der Waals surface area contributed by atoms with Gasteiger partial charge in [-0.2, -0.15) is 0 Å². The highest BCUT2D eigenvalue weighted by molar-refractivity contribution is 5.84. The lowest BCUT2D eigenvalue weighted by molar-refractivity contribution is -0.155. The van der Waals surface area contributed by atoms with Crippen LogP contribution in [0.1, 0.15) is 25.7 Å². The van der Waals surface area contributed by atoms with Crippen molar-refractivity contribution in [3.63, 3.8) is 0 Å². The highest BCUT2D eigenvalue weighted by Gasteiger charge is 2.50. The Bertz CT molecular complexity index is 840. The molecule has 1 aromatic rings. The minimum Gasteiger partial charge on any atom is -0.495 e. The number of methoxy groups -OCH3 is 1. The molecule has 0 bridgehead atoms. The van der Waals surface area contributed by atoms with E-state index in [0.29, 0.717) is 6.04 Å². The fraction of sp³-hybridized carbons (Fsp3) is 0.652. The number of nitrogens with zero attached hydrogens (tertiary/aromatic N) is 4. The van der Waals surface area contributed by atoms with Crippen LogP contribution in [0.25, 0.3) is 0 Å². The summed E-state index contributed by atoms with van der Waals surface area (Å²) in [5, 5.41) is 2.19. The van der Waals surface area contributed by atoms with Gasteiger partial charge in [-0.15, -0.1) is 0 Å². The van der Waals surface area contributed by atoms with Gasteiger partial charge in [-0.25, -0.2) is 5.01 Å². The summed E-state index contributed by atoms with van der Waals surface area (Å²) < 4.78 is 5.50. The summed E-state index contributed by atoms with van der Waals surface area (Å²) >= 11 is 0. The summed E-state index contributed by atoms with van der Waals surface area (Å²) in [6.45, 7) is 3.94. The summed E-state index contributed by atoms with van der Waals surface area (Å²) in [4.78, 5) is 32.4. The molecule has 0 radical (unpaired) electrons. The maximum Gasteiger partial charge on any atom is 0.241 e. The highest BCUT2D eigenvalue weighted by atomic mass is 16.5. The fourth-order valence-electron chi connectivity index (χ4n) is 5.98. The SMILES string of the molecule is COc1ccccc1N1CCN(C(=O)C2CCC3C(C2)N(C)C(=O)C2CCNN23)CC1. The Hall–Kier alpha value is -2.32. The Kier molecular flexibility index (Phi) is 5.52. The van der Waals surface area contributed by atoms with E-state index in [1.807, 2.05) is 35.0 Å². The van der Waals surface area contributed by atoms with Crippen LogP contribution < -0.4 is 15.1 Å². The highest BCUT2D eigenvalue weighted by Crippen LogP contribution is 2.37. The molecule has 1 N–H and O–H groups in total. The van der Waals surface area contributed by atoms with E-state index in [4.69, 9.17) is 4.74 Å². The summed E-state index contributed by atoms with van der Waals surface area (Å²) in [7, 11) is 3.62. The molecular formula is C23H33N5O3. The van der Waals surface area contributed by atoms with E-state index < -0.39 is 0 Å². The van der Waals surface area contributed by atoms with Crippen LogP contribution in [0.2, 0.25) is 0 Å². The van der Waals surface area contributed by atoms with Crippen molar-refractivity contribution in [3.8, 4) is 5.75 Å². The van der Waals surface area contributed by atoms with Crippen LogP contribution in [0, 0.1) is 5.92 Å². The predicted octanol–water partition coefficient (Wildman–Crippen LogP) is 0.932. The van der Waals surface area contributed by atoms with Gasteiger partial charge >= 0.3 is 0 Å². The number of likely N-dealkylation sites (N-methyl/N-ethyl adjacent to an activating group) is 1. The lowest BCUT2D eigenvalue weighted by atomic mass is 9.78. The number of piperazine rings is 2. The van der Waals surface area contributed by atoms with Gasteiger partial charge < -0.3 is 19.4 Å². The number of hydrogen-bond acceptors (Lipinski definition) is 6. The number of nitrogens with one attached hydrogen (secondary N) is 1. The Morgan fingerprint density at radius 1 is 1.06 bits per heavy atom. The molecule has 31 heavy (non-hydrogen) atoms. The molecule has 4 aliphatic rings. The number of anilines is 1. The number of fused-ring (bicyclic) bond motifs is 3. The molecule has 3 aliphatic heterocycles. The summed E-state index contributed by atoms with van der Waals surface area (Å²) in [5.41, 5.74) is 4.51. The van der Waals surface area contributed by atoms with Gasteiger partial charge in [0.25, 0.3) is 0 Å². The van der Waals surface area contributed by atoms with Gasteiger partial charge in [0.15, 0.2) is 0 Å². The van der Waals surface area contributed by atoms with Crippen molar-refractivity contribution in [1.82, 2.24) is 20.2 Å². The Morgan fingerprint density at radius 2 is 1.84 bits per heavy atom. The Labute approximate surface area is 184 Å². The number of carbonyl (C=O) groups is 2. The van der Waals surface area contributed by atoms with Gasteiger partial charge in [0.2, 0.25) is 11.8 Å². The molecule has 8 nitrogen and oxygen atoms in total. The molecule has 2 amide bonds. The molecule has 1 aromatic carbocycles. The average Bonchev–Trinajstić information content (AvgIpc) is 3.32. The standard InChI is InChI=1S/C23H33N5O3/c1-25-20-15-16(7-8-17(20)28-19(23(25)30)9-10-24-28)22(29)27-13-11-26(12-14-27)18-5-3-4-6-21(18)31-2/h3-6,16-17,19-20,24H,7-15H2,1-2H3. The molecule has 3 heterocycles. The molecule has 3 saturated heterocycles. The Morgan fingerprint density at radius 3 is 2.61 bits per heavy atom. The van der Waals surface area contributed by atoms with Gasteiger partial charge in [0.05, 0.1) is 12.8 Å². The zero-order chi connectivity index (χ0) is 21.5. The zero-order valence-electron chi connectivity index (χ0n) is 18.5. The second-order valence-electron chi connectivity index (χ2n) is 9.20. The molecular weight excluding hydrogens is 394 g/mol. The third-order valence-electron chi connectivity index (χ3n) is 7.68. The number of hydrogen-bond donors (Lipinski definition) is 1. The van der Waals surface area contributed by atoms with Crippen molar-refractivity contribution in [2.24, 2.45) is 5.92 Å². The van der Waals surface area contributed by atoms with E-state index >= 15 is 0 Å². The van der Waals surface area contributed by atoms with Crippen LogP contribution in [0.15, 0.2) is 24.3 Å². The van der Waals surface area contributed by atoms with Gasteiger partial charge in [-0.3, -0.25) is 15.0 Å². The average molecular weight is 428 g/mol. The van der Waals surface area contributed by atoms with Crippen molar-refractivity contribution in [1.29, 1.82) is 0 Å². The number of para-hydroxylation sites is 2. The quantitative estimate of drug-likeness (QED) is 0.774. The predicted molar refractivity (Wildman–Crippen MR) is 118 cm³/mol. The van der Waals surface area contributed by atoms with Crippen molar-refractivity contribution in [3.05, 3.63) is 24.3 Å². The van der Waals surface area contributed by atoms with Gasteiger partial charge in [0, 0.05) is 57.8 Å². The molecule has 8 heteroatoms. The summed E-state index contributed by atoms with van der Waals surface area (Å²) in [6, 6.07) is 8.47. The summed E-state index contributed by atoms with van der Waals surface area (Å²) in [5.74, 6) is 1.34. The molecule has 4 unspecified atom stereocenters. The number of ether oxygens (including phenoxy) is 1. The van der Waals surface area contributed by atoms with Crippen LogP contribution in [0.4, 0.5) is 5.69 Å². The van der Waals surface area contributed by atoms with E-state index in [1.54, 1.807) is 7.11 Å². The van der Waals surface area contributed by atoms with E-state index in [9.17, 15) is 9.59 Å². The molecule has 4 atom stereocenters.